The molecule has 1 aromatic carbocycles. The summed E-state index contributed by atoms with van der Waals surface area (Å²) in [6.07, 6.45) is -2.36. The first kappa shape index (κ1) is 11.4. The summed E-state index contributed by atoms with van der Waals surface area (Å²) in [4.78, 5) is 11.0. The van der Waals surface area contributed by atoms with Crippen molar-refractivity contribution >= 4 is 16.4 Å². The summed E-state index contributed by atoms with van der Waals surface area (Å²) in [5.74, 6) is -0.619. The average molecular weight is 273 g/mol. The van der Waals surface area contributed by atoms with Crippen LogP contribution < -0.4 is 0 Å². The molecule has 8 heteroatoms. The summed E-state index contributed by atoms with van der Waals surface area (Å²) >= 11 is 0. The predicted molar refractivity (Wildman–Crippen MR) is 56.5 cm³/mol. The van der Waals surface area contributed by atoms with Gasteiger partial charge in [0.1, 0.15) is 18.0 Å². The topological polar surface area (TPSA) is 83.9 Å². The van der Waals surface area contributed by atoms with Gasteiger partial charge in [-0.3, -0.25) is 0 Å². The van der Waals surface area contributed by atoms with Crippen molar-refractivity contribution in [3.63, 3.8) is 0 Å². The third kappa shape index (κ3) is 1.36. The Morgan fingerprint density at radius 1 is 1.50 bits per heavy atom. The number of carboxylic acid groups (broad SMARTS) is 1. The molecule has 2 aliphatic rings. The molecule has 1 aromatic rings. The second-order valence-electron chi connectivity index (χ2n) is 4.13. The molecule has 1 N–H and O–H groups in total. The lowest BCUT2D eigenvalue weighted by Gasteiger charge is -2.17. The van der Waals surface area contributed by atoms with Gasteiger partial charge in [0.05, 0.1) is 0 Å². The van der Waals surface area contributed by atoms with Crippen molar-refractivity contribution in [2.45, 2.75) is 18.6 Å². The number of hydrogen-bond donors (Lipinski definition) is 1. The molecular formula is C10H8FNO5S. The maximum Gasteiger partial charge on any atom is 0.423 e. The highest BCUT2D eigenvalue weighted by Gasteiger charge is 2.54. The van der Waals surface area contributed by atoms with Crippen LogP contribution in [0.2, 0.25) is 0 Å². The van der Waals surface area contributed by atoms with Crippen molar-refractivity contribution in [3.05, 3.63) is 35.1 Å². The smallest absolute Gasteiger partial charge is 0.423 e. The predicted octanol–water partition coefficient (Wildman–Crippen LogP) is 1.05. The molecule has 1 amide bonds. The quantitative estimate of drug-likeness (QED) is 0.763. The Morgan fingerprint density at radius 2 is 2.22 bits per heavy atom. The van der Waals surface area contributed by atoms with E-state index in [-0.39, 0.29) is 16.3 Å². The van der Waals surface area contributed by atoms with Crippen molar-refractivity contribution < 1.29 is 26.9 Å². The molecule has 2 atom stereocenters. The number of amides is 1. The van der Waals surface area contributed by atoms with E-state index >= 15 is 0 Å². The van der Waals surface area contributed by atoms with Crippen molar-refractivity contribution in [3.8, 4) is 0 Å². The summed E-state index contributed by atoms with van der Waals surface area (Å²) in [5.41, 5.74) is 0.664. The first-order valence-electron chi connectivity index (χ1n) is 5.14. The van der Waals surface area contributed by atoms with Gasteiger partial charge in [0.25, 0.3) is 0 Å². The van der Waals surface area contributed by atoms with Crippen LogP contribution in [0.1, 0.15) is 17.2 Å². The van der Waals surface area contributed by atoms with Gasteiger partial charge in [0, 0.05) is 12.0 Å². The minimum atomic E-state index is -4.34. The van der Waals surface area contributed by atoms with Crippen molar-refractivity contribution in [2.75, 3.05) is 0 Å². The molecule has 1 saturated heterocycles. The average Bonchev–Trinajstić information content (AvgIpc) is 2.67. The van der Waals surface area contributed by atoms with Crippen LogP contribution in [0.4, 0.5) is 9.18 Å². The van der Waals surface area contributed by atoms with Gasteiger partial charge in [-0.2, -0.15) is 12.7 Å². The lowest BCUT2D eigenvalue weighted by atomic mass is 10.1. The third-order valence-electron chi connectivity index (χ3n) is 3.14. The minimum Gasteiger partial charge on any atom is -0.464 e. The van der Waals surface area contributed by atoms with E-state index in [1.807, 2.05) is 0 Å². The molecule has 6 nitrogen and oxygen atoms in total. The molecule has 0 bridgehead atoms. The lowest BCUT2D eigenvalue weighted by molar-refractivity contribution is 0.155. The Labute approximate surface area is 102 Å². The van der Waals surface area contributed by atoms with Crippen LogP contribution in [0.5, 0.6) is 0 Å². The first-order valence-corrected chi connectivity index (χ1v) is 6.51. The maximum absolute atomic E-state index is 13.7. The molecule has 1 heterocycles. The van der Waals surface area contributed by atoms with Gasteiger partial charge in [0.15, 0.2) is 0 Å². The number of rotatable bonds is 0. The Morgan fingerprint density at radius 3 is 2.89 bits per heavy atom. The Kier molecular flexibility index (Phi) is 2.17. The number of fused-ring (bicyclic) bond motifs is 3. The maximum atomic E-state index is 13.7. The lowest BCUT2D eigenvalue weighted by Crippen LogP contribution is -2.33. The molecule has 96 valence electrons. The van der Waals surface area contributed by atoms with Gasteiger partial charge in [-0.1, -0.05) is 12.1 Å². The summed E-state index contributed by atoms with van der Waals surface area (Å²) in [5, 5.41) is 8.96. The molecule has 1 fully saturated rings. The summed E-state index contributed by atoms with van der Waals surface area (Å²) in [6, 6.07) is 3.18. The highest BCUT2D eigenvalue weighted by atomic mass is 32.2. The van der Waals surface area contributed by atoms with Gasteiger partial charge >= 0.3 is 16.4 Å². The first-order chi connectivity index (χ1) is 8.42. The van der Waals surface area contributed by atoms with Crippen LogP contribution in [-0.2, 0) is 20.9 Å². The fourth-order valence-electron chi connectivity index (χ4n) is 2.52. The van der Waals surface area contributed by atoms with Crippen LogP contribution in [0, 0.1) is 5.82 Å². The second kappa shape index (κ2) is 3.42. The van der Waals surface area contributed by atoms with Crippen molar-refractivity contribution in [1.29, 1.82) is 0 Å². The monoisotopic (exact) mass is 273 g/mol. The van der Waals surface area contributed by atoms with E-state index < -0.39 is 34.4 Å². The number of hydrogen-bond acceptors (Lipinski definition) is 4. The molecule has 1 aliphatic heterocycles. The Hall–Kier alpha value is -1.67. The Balaban J connectivity index is 2.19. The van der Waals surface area contributed by atoms with Crippen LogP contribution in [0.25, 0.3) is 0 Å². The van der Waals surface area contributed by atoms with E-state index in [9.17, 15) is 17.6 Å². The fourth-order valence-corrected chi connectivity index (χ4v) is 3.81. The number of nitrogens with zero attached hydrogens (tertiary/aromatic N) is 1. The van der Waals surface area contributed by atoms with Crippen LogP contribution in [0.15, 0.2) is 18.2 Å². The normalized spacial score (nSPS) is 27.9. The van der Waals surface area contributed by atoms with E-state index in [1.165, 1.54) is 12.1 Å². The van der Waals surface area contributed by atoms with Gasteiger partial charge in [0.2, 0.25) is 0 Å². The summed E-state index contributed by atoms with van der Waals surface area (Å²) < 4.78 is 41.7. The highest BCUT2D eigenvalue weighted by Crippen LogP contribution is 2.45. The van der Waals surface area contributed by atoms with Gasteiger partial charge in [-0.05, 0) is 11.6 Å². The van der Waals surface area contributed by atoms with E-state index in [0.29, 0.717) is 5.56 Å². The SMILES string of the molecule is O=C(O)N1[C@@H]2c3c(F)cccc3C[C@@H]2OS1(=O)=O. The zero-order chi connectivity index (χ0) is 13.1. The van der Waals surface area contributed by atoms with E-state index in [1.54, 1.807) is 6.07 Å². The highest BCUT2D eigenvalue weighted by molar-refractivity contribution is 7.85. The fraction of sp³-hybridized carbons (Fsp3) is 0.300. The molecule has 0 unspecified atom stereocenters. The molecule has 3 rings (SSSR count). The molecule has 0 aromatic heterocycles. The van der Waals surface area contributed by atoms with Crippen molar-refractivity contribution in [1.82, 2.24) is 4.31 Å². The Bertz CT molecular complexity index is 644. The van der Waals surface area contributed by atoms with Gasteiger partial charge < -0.3 is 5.11 Å². The summed E-state index contributed by atoms with van der Waals surface area (Å²) in [6.45, 7) is 0. The van der Waals surface area contributed by atoms with E-state index in [4.69, 9.17) is 9.29 Å². The zero-order valence-corrected chi connectivity index (χ0v) is 9.72. The van der Waals surface area contributed by atoms with E-state index in [0.717, 1.165) is 0 Å². The third-order valence-corrected chi connectivity index (χ3v) is 4.50. The van der Waals surface area contributed by atoms with Crippen LogP contribution >= 0.6 is 0 Å². The van der Waals surface area contributed by atoms with Gasteiger partial charge in [-0.15, -0.1) is 0 Å². The molecule has 0 saturated carbocycles. The largest absolute Gasteiger partial charge is 0.464 e. The van der Waals surface area contributed by atoms with Gasteiger partial charge in [-0.25, -0.2) is 13.4 Å². The standard InChI is InChI=1S/C10H8FNO5S/c11-6-3-1-2-5-4-7-9(8(5)6)12(10(13)14)18(15,16)17-7/h1-3,7,9H,4H2,(H,13,14)/t7-,9-/m0/s1. The minimum absolute atomic E-state index is 0.0889. The van der Waals surface area contributed by atoms with E-state index in [2.05, 4.69) is 0 Å². The zero-order valence-electron chi connectivity index (χ0n) is 8.91. The molecule has 18 heavy (non-hydrogen) atoms. The number of benzene rings is 1. The number of halogens is 1. The van der Waals surface area contributed by atoms with Crippen molar-refractivity contribution in [2.24, 2.45) is 0 Å². The molecule has 0 radical (unpaired) electrons. The number of carbonyl (C=O) groups is 1. The second-order valence-corrected chi connectivity index (χ2v) is 5.57. The molecule has 0 spiro atoms. The molecule has 1 aliphatic carbocycles. The molecular weight excluding hydrogens is 265 g/mol. The van der Waals surface area contributed by atoms with Crippen LogP contribution in [0.3, 0.4) is 0 Å². The van der Waals surface area contributed by atoms with Crippen LogP contribution in [-0.4, -0.2) is 30.0 Å². The summed E-state index contributed by atoms with van der Waals surface area (Å²) in [7, 11) is -4.34.